The first-order chi connectivity index (χ1) is 2.27. The monoisotopic (exact) mass is 110 g/mol. The smallest absolute Gasteiger partial charge is 0.0518 e. The second-order valence-corrected chi connectivity index (χ2v) is 0.929. The molecular weight excluding hydrogens is 103 g/mol. The van der Waals surface area contributed by atoms with Crippen molar-refractivity contribution in [3.63, 3.8) is 0 Å². The Labute approximate surface area is 42.7 Å². The van der Waals surface area contributed by atoms with Crippen molar-refractivity contribution in [1.82, 2.24) is 5.01 Å². The summed E-state index contributed by atoms with van der Waals surface area (Å²) in [5.74, 6) is 0. The van der Waals surface area contributed by atoms with E-state index in [1.165, 1.54) is 5.01 Å². The number of rotatable bonds is 1. The molecule has 0 saturated carbocycles. The molecule has 0 N–H and O–H groups in total. The van der Waals surface area contributed by atoms with Crippen LogP contribution in [0.2, 0.25) is 0 Å². The van der Waals surface area contributed by atoms with Crippen molar-refractivity contribution >= 4 is 12.4 Å². The van der Waals surface area contributed by atoms with E-state index in [0.717, 1.165) is 0 Å². The van der Waals surface area contributed by atoms with Gasteiger partial charge in [0.2, 0.25) is 0 Å². The first-order valence-electron chi connectivity index (χ1n) is 1.28. The van der Waals surface area contributed by atoms with Crippen molar-refractivity contribution in [3.05, 3.63) is 4.91 Å². The second-order valence-electron chi connectivity index (χ2n) is 0.929. The Hall–Kier alpha value is -0.310. The second kappa shape index (κ2) is 4.69. The van der Waals surface area contributed by atoms with Gasteiger partial charge < -0.3 is 0 Å². The lowest BCUT2D eigenvalue weighted by atomic mass is 11.2. The number of hydrogen-bond acceptors (Lipinski definition) is 2. The van der Waals surface area contributed by atoms with E-state index in [4.69, 9.17) is 0 Å². The molecule has 0 bridgehead atoms. The Morgan fingerprint density at radius 1 is 1.50 bits per heavy atom. The Morgan fingerprint density at radius 2 is 1.67 bits per heavy atom. The Balaban J connectivity index is 0. The van der Waals surface area contributed by atoms with Gasteiger partial charge >= 0.3 is 0 Å². The number of hydrogen-bond donors (Lipinski definition) is 0. The third-order valence-electron chi connectivity index (χ3n) is 0.163. The van der Waals surface area contributed by atoms with Crippen LogP contribution >= 0.6 is 12.4 Å². The molecule has 0 spiro atoms. The summed E-state index contributed by atoms with van der Waals surface area (Å²) in [4.78, 5) is 9.18. The summed E-state index contributed by atoms with van der Waals surface area (Å²) < 4.78 is 0. The van der Waals surface area contributed by atoms with Crippen molar-refractivity contribution in [2.24, 2.45) is 5.29 Å². The molecule has 0 aromatic carbocycles. The highest BCUT2D eigenvalue weighted by atomic mass is 35.5. The van der Waals surface area contributed by atoms with Gasteiger partial charge in [0.25, 0.3) is 0 Å². The van der Waals surface area contributed by atoms with Crippen LogP contribution in [0.5, 0.6) is 0 Å². The SMILES string of the molecule is CN(C)N=O.Cl. The van der Waals surface area contributed by atoms with Crippen LogP contribution < -0.4 is 0 Å². The van der Waals surface area contributed by atoms with E-state index in [0.29, 0.717) is 0 Å². The van der Waals surface area contributed by atoms with Crippen LogP contribution in [-0.4, -0.2) is 19.1 Å². The maximum Gasteiger partial charge on any atom is 0.0518 e. The highest BCUT2D eigenvalue weighted by Gasteiger charge is 1.68. The number of nitroso groups, excluding NO2 is 1. The van der Waals surface area contributed by atoms with Crippen LogP contribution in [0.4, 0.5) is 0 Å². The largest absolute Gasteiger partial charge is 0.267 e. The molecular formula is C2H7ClN2O. The van der Waals surface area contributed by atoms with Crippen molar-refractivity contribution in [3.8, 4) is 0 Å². The predicted molar refractivity (Wildman–Crippen MR) is 26.7 cm³/mol. The fourth-order valence-corrected chi connectivity index (χ4v) is 0. The zero-order valence-corrected chi connectivity index (χ0v) is 4.53. The highest BCUT2D eigenvalue weighted by molar-refractivity contribution is 5.85. The summed E-state index contributed by atoms with van der Waals surface area (Å²) in [6, 6.07) is 0. The van der Waals surface area contributed by atoms with Crippen molar-refractivity contribution in [2.45, 2.75) is 0 Å². The minimum atomic E-state index is 0. The third kappa shape index (κ3) is 9.35. The lowest BCUT2D eigenvalue weighted by Crippen LogP contribution is -1.97. The molecule has 6 heavy (non-hydrogen) atoms. The number of nitrogens with zero attached hydrogens (tertiary/aromatic N) is 2. The van der Waals surface area contributed by atoms with Crippen LogP contribution in [0.1, 0.15) is 0 Å². The van der Waals surface area contributed by atoms with Gasteiger partial charge in [0.1, 0.15) is 0 Å². The average Bonchev–Trinajstić information content (AvgIpc) is 1.38. The average molecular weight is 111 g/mol. The van der Waals surface area contributed by atoms with Crippen LogP contribution in [0.25, 0.3) is 0 Å². The molecule has 3 nitrogen and oxygen atoms in total. The van der Waals surface area contributed by atoms with E-state index in [9.17, 15) is 4.91 Å². The zero-order valence-electron chi connectivity index (χ0n) is 3.71. The zero-order chi connectivity index (χ0) is 4.28. The van der Waals surface area contributed by atoms with E-state index in [1.54, 1.807) is 14.1 Å². The Kier molecular flexibility index (Phi) is 7.19. The van der Waals surface area contributed by atoms with Crippen LogP contribution in [0, 0.1) is 4.91 Å². The summed E-state index contributed by atoms with van der Waals surface area (Å²) in [7, 11) is 3.15. The lowest BCUT2D eigenvalue weighted by Gasteiger charge is -1.90. The quantitative estimate of drug-likeness (QED) is 0.367. The lowest BCUT2D eigenvalue weighted by molar-refractivity contribution is 0.431. The standard InChI is InChI=1S/C2H6N2O.ClH/c1-4(2)3-5;/h1-2H3;1H. The molecule has 0 saturated heterocycles. The van der Waals surface area contributed by atoms with E-state index in [-0.39, 0.29) is 12.4 Å². The summed E-state index contributed by atoms with van der Waals surface area (Å²) in [5, 5.41) is 3.67. The molecule has 0 atom stereocenters. The van der Waals surface area contributed by atoms with Crippen LogP contribution in [0.15, 0.2) is 5.29 Å². The molecule has 0 aromatic rings. The van der Waals surface area contributed by atoms with Crippen molar-refractivity contribution in [1.29, 1.82) is 0 Å². The van der Waals surface area contributed by atoms with Gasteiger partial charge in [0.15, 0.2) is 0 Å². The maximum atomic E-state index is 9.18. The molecule has 0 unspecified atom stereocenters. The number of halogens is 1. The normalized spacial score (nSPS) is 5.67. The van der Waals surface area contributed by atoms with Gasteiger partial charge in [-0.05, 0) is 0 Å². The molecule has 0 heterocycles. The Morgan fingerprint density at radius 3 is 1.67 bits per heavy atom. The Bertz CT molecular complexity index is 38.5. The van der Waals surface area contributed by atoms with Crippen LogP contribution in [0.3, 0.4) is 0 Å². The molecule has 0 aromatic heterocycles. The van der Waals surface area contributed by atoms with Gasteiger partial charge in [0, 0.05) is 14.1 Å². The van der Waals surface area contributed by atoms with E-state index in [1.807, 2.05) is 0 Å². The van der Waals surface area contributed by atoms with Gasteiger partial charge in [-0.2, -0.15) is 0 Å². The fourth-order valence-electron chi connectivity index (χ4n) is 0. The van der Waals surface area contributed by atoms with Crippen molar-refractivity contribution in [2.75, 3.05) is 14.1 Å². The van der Waals surface area contributed by atoms with E-state index < -0.39 is 0 Å². The molecule has 0 radical (unpaired) electrons. The van der Waals surface area contributed by atoms with E-state index in [2.05, 4.69) is 5.29 Å². The molecule has 0 fully saturated rings. The van der Waals surface area contributed by atoms with E-state index >= 15 is 0 Å². The van der Waals surface area contributed by atoms with Crippen molar-refractivity contribution < 1.29 is 0 Å². The summed E-state index contributed by atoms with van der Waals surface area (Å²) in [5.41, 5.74) is 0. The van der Waals surface area contributed by atoms with Gasteiger partial charge in [-0.1, -0.05) is 0 Å². The molecule has 38 valence electrons. The van der Waals surface area contributed by atoms with Gasteiger partial charge in [-0.3, -0.25) is 5.01 Å². The summed E-state index contributed by atoms with van der Waals surface area (Å²) >= 11 is 0. The molecule has 0 amide bonds. The highest BCUT2D eigenvalue weighted by Crippen LogP contribution is 1.64. The maximum absolute atomic E-state index is 9.18. The molecule has 0 aliphatic rings. The molecule has 4 heteroatoms. The first-order valence-corrected chi connectivity index (χ1v) is 1.28. The topological polar surface area (TPSA) is 32.7 Å². The predicted octanol–water partition coefficient (Wildman–Crippen LogP) is 0.651. The van der Waals surface area contributed by atoms with Gasteiger partial charge in [-0.25, -0.2) is 0 Å². The van der Waals surface area contributed by atoms with Gasteiger partial charge in [0.05, 0.1) is 5.29 Å². The molecule has 0 rings (SSSR count). The molecule has 0 aliphatic heterocycles. The summed E-state index contributed by atoms with van der Waals surface area (Å²) in [6.07, 6.45) is 0. The minimum absolute atomic E-state index is 0. The molecule has 0 aliphatic carbocycles. The van der Waals surface area contributed by atoms with Gasteiger partial charge in [-0.15, -0.1) is 17.3 Å². The minimum Gasteiger partial charge on any atom is -0.267 e. The summed E-state index contributed by atoms with van der Waals surface area (Å²) in [6.45, 7) is 0. The first kappa shape index (κ1) is 9.19. The van der Waals surface area contributed by atoms with Crippen LogP contribution in [-0.2, 0) is 0 Å². The third-order valence-corrected chi connectivity index (χ3v) is 0.163. The fraction of sp³-hybridized carbons (Fsp3) is 1.00.